The standard InChI is InChI=1S/C14H20N2O4/c1-10(8-15-11-3-4-11)9-20-12-5-6-14(19-2)13(7-12)16(17)18/h5-7,10-11,15H,3-4,8-9H2,1-2H3. The van der Waals surface area contributed by atoms with Crippen LogP contribution in [0.1, 0.15) is 19.8 Å². The zero-order chi connectivity index (χ0) is 14.5. The Bertz CT molecular complexity index is 474. The molecule has 0 heterocycles. The van der Waals surface area contributed by atoms with Crippen LogP contribution in [0.3, 0.4) is 0 Å². The zero-order valence-electron chi connectivity index (χ0n) is 11.8. The number of hydrogen-bond acceptors (Lipinski definition) is 5. The summed E-state index contributed by atoms with van der Waals surface area (Å²) in [5.74, 6) is 1.10. The lowest BCUT2D eigenvalue weighted by atomic mass is 10.2. The number of nitro groups is 1. The van der Waals surface area contributed by atoms with Gasteiger partial charge in [0.25, 0.3) is 0 Å². The number of benzene rings is 1. The van der Waals surface area contributed by atoms with Gasteiger partial charge in [0.05, 0.1) is 24.7 Å². The van der Waals surface area contributed by atoms with Gasteiger partial charge in [-0.25, -0.2) is 0 Å². The number of ether oxygens (including phenoxy) is 2. The van der Waals surface area contributed by atoms with Gasteiger partial charge in [0.15, 0.2) is 5.75 Å². The number of nitrogens with zero attached hydrogens (tertiary/aromatic N) is 1. The topological polar surface area (TPSA) is 73.6 Å². The first-order valence-electron chi connectivity index (χ1n) is 6.78. The average molecular weight is 280 g/mol. The van der Waals surface area contributed by atoms with Gasteiger partial charge in [-0.2, -0.15) is 0 Å². The Labute approximate surface area is 118 Å². The van der Waals surface area contributed by atoms with E-state index in [1.165, 1.54) is 26.0 Å². The van der Waals surface area contributed by atoms with Crippen molar-refractivity contribution in [2.75, 3.05) is 20.3 Å². The van der Waals surface area contributed by atoms with Gasteiger partial charge >= 0.3 is 5.69 Å². The van der Waals surface area contributed by atoms with Crippen LogP contribution in [-0.4, -0.2) is 31.2 Å². The molecule has 0 spiro atoms. The van der Waals surface area contributed by atoms with Gasteiger partial charge in [0.2, 0.25) is 0 Å². The Morgan fingerprint density at radius 1 is 1.50 bits per heavy atom. The highest BCUT2D eigenvalue weighted by Crippen LogP contribution is 2.30. The molecular weight excluding hydrogens is 260 g/mol. The second kappa shape index (κ2) is 6.56. The summed E-state index contributed by atoms with van der Waals surface area (Å²) in [6, 6.07) is 5.33. The maximum atomic E-state index is 10.9. The highest BCUT2D eigenvalue weighted by atomic mass is 16.6. The summed E-state index contributed by atoms with van der Waals surface area (Å²) >= 11 is 0. The van der Waals surface area contributed by atoms with E-state index in [9.17, 15) is 10.1 Å². The lowest BCUT2D eigenvalue weighted by molar-refractivity contribution is -0.385. The molecule has 0 amide bonds. The predicted octanol–water partition coefficient (Wildman–Crippen LogP) is 2.37. The van der Waals surface area contributed by atoms with Crippen LogP contribution in [0.15, 0.2) is 18.2 Å². The second-order valence-electron chi connectivity index (χ2n) is 5.19. The van der Waals surface area contributed by atoms with Crippen molar-refractivity contribution in [1.82, 2.24) is 5.32 Å². The third-order valence-electron chi connectivity index (χ3n) is 3.21. The number of nitro benzene ring substituents is 1. The molecule has 0 bridgehead atoms. The van der Waals surface area contributed by atoms with E-state index < -0.39 is 4.92 Å². The highest BCUT2D eigenvalue weighted by Gasteiger charge is 2.21. The average Bonchev–Trinajstić information content (AvgIpc) is 3.26. The fourth-order valence-corrected chi connectivity index (χ4v) is 1.85. The van der Waals surface area contributed by atoms with E-state index in [2.05, 4.69) is 12.2 Å². The molecule has 1 aliphatic rings. The van der Waals surface area contributed by atoms with Crippen molar-refractivity contribution >= 4 is 5.69 Å². The van der Waals surface area contributed by atoms with Crippen molar-refractivity contribution in [2.24, 2.45) is 5.92 Å². The summed E-state index contributed by atoms with van der Waals surface area (Å²) in [5.41, 5.74) is -0.0752. The molecule has 0 saturated heterocycles. The van der Waals surface area contributed by atoms with Crippen molar-refractivity contribution < 1.29 is 14.4 Å². The molecule has 6 nitrogen and oxygen atoms in total. The minimum atomic E-state index is -0.468. The number of rotatable bonds is 8. The Hall–Kier alpha value is -1.82. The van der Waals surface area contributed by atoms with Gasteiger partial charge in [-0.05, 0) is 25.0 Å². The van der Waals surface area contributed by atoms with Crippen molar-refractivity contribution in [3.05, 3.63) is 28.3 Å². The first-order valence-corrected chi connectivity index (χ1v) is 6.78. The SMILES string of the molecule is COc1ccc(OCC(C)CNC2CC2)cc1[N+](=O)[O-]. The molecule has 2 rings (SSSR count). The Balaban J connectivity index is 1.88. The van der Waals surface area contributed by atoms with Crippen molar-refractivity contribution in [1.29, 1.82) is 0 Å². The molecule has 1 atom stereocenters. The first kappa shape index (κ1) is 14.6. The summed E-state index contributed by atoms with van der Waals surface area (Å²) in [6.07, 6.45) is 2.52. The second-order valence-corrected chi connectivity index (χ2v) is 5.19. The number of hydrogen-bond donors (Lipinski definition) is 1. The molecular formula is C14H20N2O4. The molecule has 110 valence electrons. The summed E-state index contributed by atoms with van der Waals surface area (Å²) in [6.45, 7) is 3.53. The zero-order valence-corrected chi connectivity index (χ0v) is 11.8. The molecule has 1 aliphatic carbocycles. The minimum absolute atomic E-state index is 0.0752. The fraction of sp³-hybridized carbons (Fsp3) is 0.571. The van der Waals surface area contributed by atoms with Crippen LogP contribution < -0.4 is 14.8 Å². The summed E-state index contributed by atoms with van der Waals surface area (Å²) in [4.78, 5) is 10.4. The van der Waals surface area contributed by atoms with Crippen LogP contribution in [0.25, 0.3) is 0 Å². The van der Waals surface area contributed by atoms with E-state index in [-0.39, 0.29) is 11.4 Å². The first-order chi connectivity index (χ1) is 9.60. The summed E-state index contributed by atoms with van der Waals surface area (Å²) in [7, 11) is 1.41. The van der Waals surface area contributed by atoms with E-state index in [0.29, 0.717) is 24.3 Å². The van der Waals surface area contributed by atoms with Crippen molar-refractivity contribution in [3.8, 4) is 11.5 Å². The molecule has 1 aromatic rings. The van der Waals surface area contributed by atoms with Gasteiger partial charge in [-0.3, -0.25) is 10.1 Å². The van der Waals surface area contributed by atoms with E-state index in [1.54, 1.807) is 12.1 Å². The Kier molecular flexibility index (Phi) is 4.79. The van der Waals surface area contributed by atoms with E-state index >= 15 is 0 Å². The van der Waals surface area contributed by atoms with Gasteiger partial charge in [-0.15, -0.1) is 0 Å². The smallest absolute Gasteiger partial charge is 0.314 e. The van der Waals surface area contributed by atoms with E-state index in [0.717, 1.165) is 6.54 Å². The van der Waals surface area contributed by atoms with E-state index in [4.69, 9.17) is 9.47 Å². The molecule has 1 aromatic carbocycles. The predicted molar refractivity (Wildman–Crippen MR) is 75.3 cm³/mol. The maximum Gasteiger partial charge on any atom is 0.314 e. The van der Waals surface area contributed by atoms with Crippen LogP contribution in [0, 0.1) is 16.0 Å². The van der Waals surface area contributed by atoms with Crippen LogP contribution in [0.5, 0.6) is 11.5 Å². The third kappa shape index (κ3) is 4.09. The number of methoxy groups -OCH3 is 1. The van der Waals surface area contributed by atoms with Crippen LogP contribution in [0.4, 0.5) is 5.69 Å². The Morgan fingerprint density at radius 3 is 2.85 bits per heavy atom. The molecule has 1 saturated carbocycles. The molecule has 0 aliphatic heterocycles. The molecule has 6 heteroatoms. The molecule has 1 fully saturated rings. The normalized spacial score (nSPS) is 15.7. The largest absolute Gasteiger partial charge is 0.493 e. The van der Waals surface area contributed by atoms with Crippen molar-refractivity contribution in [2.45, 2.75) is 25.8 Å². The lowest BCUT2D eigenvalue weighted by Crippen LogP contribution is -2.26. The van der Waals surface area contributed by atoms with Gasteiger partial charge in [0, 0.05) is 18.5 Å². The lowest BCUT2D eigenvalue weighted by Gasteiger charge is -2.14. The quantitative estimate of drug-likeness (QED) is 0.584. The van der Waals surface area contributed by atoms with Gasteiger partial charge < -0.3 is 14.8 Å². The fourth-order valence-electron chi connectivity index (χ4n) is 1.85. The number of nitrogens with one attached hydrogen (secondary N) is 1. The molecule has 1 unspecified atom stereocenters. The molecule has 0 aromatic heterocycles. The molecule has 1 N–H and O–H groups in total. The molecule has 0 radical (unpaired) electrons. The highest BCUT2D eigenvalue weighted by molar-refractivity contribution is 5.50. The van der Waals surface area contributed by atoms with Gasteiger partial charge in [0.1, 0.15) is 5.75 Å². The summed E-state index contributed by atoms with van der Waals surface area (Å²) in [5, 5.41) is 14.3. The summed E-state index contributed by atoms with van der Waals surface area (Å²) < 4.78 is 10.6. The van der Waals surface area contributed by atoms with Crippen LogP contribution in [-0.2, 0) is 0 Å². The molecule has 20 heavy (non-hydrogen) atoms. The minimum Gasteiger partial charge on any atom is -0.493 e. The van der Waals surface area contributed by atoms with Crippen LogP contribution in [0.2, 0.25) is 0 Å². The monoisotopic (exact) mass is 280 g/mol. The van der Waals surface area contributed by atoms with Gasteiger partial charge in [-0.1, -0.05) is 6.92 Å². The maximum absolute atomic E-state index is 10.9. The van der Waals surface area contributed by atoms with Crippen LogP contribution >= 0.6 is 0 Å². The Morgan fingerprint density at radius 2 is 2.25 bits per heavy atom. The van der Waals surface area contributed by atoms with E-state index in [1.807, 2.05) is 0 Å². The third-order valence-corrected chi connectivity index (χ3v) is 3.21. The van der Waals surface area contributed by atoms with Crippen molar-refractivity contribution in [3.63, 3.8) is 0 Å².